The molecular formula is C10H13NOS. The van der Waals surface area contributed by atoms with Crippen molar-refractivity contribution >= 4 is 23.9 Å². The molecule has 0 fully saturated rings. The van der Waals surface area contributed by atoms with Crippen molar-refractivity contribution in [2.24, 2.45) is 0 Å². The van der Waals surface area contributed by atoms with E-state index in [1.807, 2.05) is 24.5 Å². The summed E-state index contributed by atoms with van der Waals surface area (Å²) in [7, 11) is 0. The molecule has 70 valence electrons. The van der Waals surface area contributed by atoms with Crippen LogP contribution in [0.3, 0.4) is 0 Å². The third-order valence-corrected chi connectivity index (χ3v) is 2.29. The van der Waals surface area contributed by atoms with Crippen LogP contribution in [0.25, 0.3) is 0 Å². The van der Waals surface area contributed by atoms with Crippen LogP contribution in [0.2, 0.25) is 0 Å². The topological polar surface area (TPSA) is 29.1 Å². The molecule has 13 heavy (non-hydrogen) atoms. The fraction of sp³-hybridized carbons (Fsp3) is 0.300. The summed E-state index contributed by atoms with van der Waals surface area (Å²) in [5.41, 5.74) is 2.81. The number of aryl methyl sites for hydroxylation is 1. The van der Waals surface area contributed by atoms with E-state index in [-0.39, 0.29) is 0 Å². The largest absolute Gasteiger partial charge is 0.329 e. The zero-order valence-corrected chi connectivity index (χ0v) is 8.65. The third-order valence-electron chi connectivity index (χ3n) is 1.86. The Kier molecular flexibility index (Phi) is 3.83. The Morgan fingerprint density at radius 3 is 2.85 bits per heavy atom. The molecule has 0 unspecified atom stereocenters. The molecule has 0 heterocycles. The lowest BCUT2D eigenvalue weighted by atomic mass is 10.1. The van der Waals surface area contributed by atoms with Gasteiger partial charge in [0.05, 0.1) is 5.69 Å². The van der Waals surface area contributed by atoms with Crippen LogP contribution in [0, 0.1) is 0 Å². The van der Waals surface area contributed by atoms with Gasteiger partial charge in [-0.1, -0.05) is 24.9 Å². The molecule has 0 aromatic heterocycles. The van der Waals surface area contributed by atoms with E-state index in [4.69, 9.17) is 0 Å². The monoisotopic (exact) mass is 195 g/mol. The zero-order valence-electron chi connectivity index (χ0n) is 7.83. The lowest BCUT2D eigenvalue weighted by molar-refractivity contribution is 0.112. The average molecular weight is 195 g/mol. The van der Waals surface area contributed by atoms with Gasteiger partial charge in [0.1, 0.15) is 0 Å². The Balaban J connectivity index is 3.00. The quantitative estimate of drug-likeness (QED) is 0.591. The smallest absolute Gasteiger partial charge is 0.152 e. The lowest BCUT2D eigenvalue weighted by Crippen LogP contribution is -1.93. The molecule has 0 radical (unpaired) electrons. The minimum atomic E-state index is 0.730. The first-order valence-corrected chi connectivity index (χ1v) is 5.41. The molecule has 1 N–H and O–H groups in total. The molecule has 0 spiro atoms. The van der Waals surface area contributed by atoms with E-state index in [2.05, 4.69) is 11.6 Å². The van der Waals surface area contributed by atoms with Crippen LogP contribution in [-0.2, 0) is 6.42 Å². The summed E-state index contributed by atoms with van der Waals surface area (Å²) in [5, 5.41) is 0. The summed E-state index contributed by atoms with van der Waals surface area (Å²) in [4.78, 5) is 10.7. The SMILES string of the molecule is CCc1ccc(NSC)c(C=O)c1. The third kappa shape index (κ3) is 2.49. The number of rotatable bonds is 4. The van der Waals surface area contributed by atoms with Gasteiger partial charge >= 0.3 is 0 Å². The zero-order chi connectivity index (χ0) is 9.68. The highest BCUT2D eigenvalue weighted by Crippen LogP contribution is 2.18. The van der Waals surface area contributed by atoms with Crippen LogP contribution in [-0.4, -0.2) is 12.5 Å². The van der Waals surface area contributed by atoms with Crippen LogP contribution in [0.4, 0.5) is 5.69 Å². The fourth-order valence-electron chi connectivity index (χ4n) is 1.13. The Hall–Kier alpha value is -0.960. The molecule has 3 heteroatoms. The number of nitrogens with one attached hydrogen (secondary N) is 1. The second kappa shape index (κ2) is 4.92. The standard InChI is InChI=1S/C10H13NOS/c1-3-8-4-5-10(11-13-2)9(6-8)7-12/h4-7,11H,3H2,1-2H3. The maximum absolute atomic E-state index is 10.7. The Labute approximate surface area is 82.9 Å². The first kappa shape index (κ1) is 10.1. The maximum Gasteiger partial charge on any atom is 0.152 e. The number of aldehydes is 1. The molecule has 2 nitrogen and oxygen atoms in total. The van der Waals surface area contributed by atoms with Gasteiger partial charge in [0, 0.05) is 11.8 Å². The van der Waals surface area contributed by atoms with Crippen LogP contribution < -0.4 is 4.72 Å². The molecule has 1 aromatic rings. The van der Waals surface area contributed by atoms with Gasteiger partial charge in [-0.3, -0.25) is 4.79 Å². The van der Waals surface area contributed by atoms with Gasteiger partial charge in [-0.25, -0.2) is 0 Å². The van der Waals surface area contributed by atoms with Gasteiger partial charge in [-0.05, 0) is 24.1 Å². The van der Waals surface area contributed by atoms with Crippen molar-refractivity contribution in [2.75, 3.05) is 11.0 Å². The highest BCUT2D eigenvalue weighted by molar-refractivity contribution is 7.99. The second-order valence-electron chi connectivity index (χ2n) is 2.70. The highest BCUT2D eigenvalue weighted by atomic mass is 32.2. The van der Waals surface area contributed by atoms with Crippen molar-refractivity contribution in [1.29, 1.82) is 0 Å². The summed E-state index contributed by atoms with van der Waals surface area (Å²) in [6.07, 6.45) is 3.78. The molecule has 1 aromatic carbocycles. The first-order chi connectivity index (χ1) is 6.31. The van der Waals surface area contributed by atoms with Gasteiger partial charge in [-0.2, -0.15) is 0 Å². The maximum atomic E-state index is 10.7. The van der Waals surface area contributed by atoms with E-state index >= 15 is 0 Å². The second-order valence-corrected chi connectivity index (χ2v) is 3.31. The molecule has 0 aliphatic rings. The van der Waals surface area contributed by atoms with E-state index in [0.717, 1.165) is 24.0 Å². The van der Waals surface area contributed by atoms with Gasteiger partial charge in [0.25, 0.3) is 0 Å². The molecule has 1 rings (SSSR count). The molecule has 0 atom stereocenters. The molecular weight excluding hydrogens is 182 g/mol. The van der Waals surface area contributed by atoms with E-state index in [9.17, 15) is 4.79 Å². The van der Waals surface area contributed by atoms with Crippen molar-refractivity contribution < 1.29 is 4.79 Å². The van der Waals surface area contributed by atoms with E-state index in [0.29, 0.717) is 0 Å². The highest BCUT2D eigenvalue weighted by Gasteiger charge is 2.00. The summed E-state index contributed by atoms with van der Waals surface area (Å²) in [6.45, 7) is 2.07. The average Bonchev–Trinajstić information content (AvgIpc) is 2.19. The minimum Gasteiger partial charge on any atom is -0.329 e. The molecule has 0 amide bonds. The van der Waals surface area contributed by atoms with Crippen LogP contribution in [0.5, 0.6) is 0 Å². The Morgan fingerprint density at radius 1 is 1.54 bits per heavy atom. The molecule has 0 saturated heterocycles. The number of carbonyl (C=O) groups excluding carboxylic acids is 1. The van der Waals surface area contributed by atoms with E-state index in [1.54, 1.807) is 0 Å². The normalized spacial score (nSPS) is 9.69. The van der Waals surface area contributed by atoms with Crippen LogP contribution in [0.1, 0.15) is 22.8 Å². The Bertz CT molecular complexity index is 299. The predicted molar refractivity (Wildman–Crippen MR) is 58.3 cm³/mol. The van der Waals surface area contributed by atoms with Gasteiger partial charge in [0.15, 0.2) is 6.29 Å². The predicted octanol–water partition coefficient (Wildman–Crippen LogP) is 2.75. The van der Waals surface area contributed by atoms with E-state index in [1.165, 1.54) is 17.5 Å². The summed E-state index contributed by atoms with van der Waals surface area (Å²) < 4.78 is 3.06. The lowest BCUT2D eigenvalue weighted by Gasteiger charge is -2.06. The number of hydrogen-bond acceptors (Lipinski definition) is 3. The van der Waals surface area contributed by atoms with Crippen LogP contribution in [0.15, 0.2) is 18.2 Å². The number of carbonyl (C=O) groups is 1. The minimum absolute atomic E-state index is 0.730. The molecule has 0 aliphatic heterocycles. The van der Waals surface area contributed by atoms with Crippen molar-refractivity contribution in [1.82, 2.24) is 0 Å². The van der Waals surface area contributed by atoms with Crippen molar-refractivity contribution in [3.63, 3.8) is 0 Å². The summed E-state index contributed by atoms with van der Waals surface area (Å²) in [5.74, 6) is 0. The van der Waals surface area contributed by atoms with Crippen molar-refractivity contribution in [2.45, 2.75) is 13.3 Å². The first-order valence-electron chi connectivity index (χ1n) is 4.19. The number of hydrogen-bond donors (Lipinski definition) is 1. The number of benzene rings is 1. The fourth-order valence-corrected chi connectivity index (χ4v) is 1.54. The van der Waals surface area contributed by atoms with Crippen molar-refractivity contribution in [3.05, 3.63) is 29.3 Å². The molecule has 0 bridgehead atoms. The van der Waals surface area contributed by atoms with E-state index < -0.39 is 0 Å². The van der Waals surface area contributed by atoms with Crippen molar-refractivity contribution in [3.8, 4) is 0 Å². The van der Waals surface area contributed by atoms with Gasteiger partial charge in [0.2, 0.25) is 0 Å². The van der Waals surface area contributed by atoms with Crippen LogP contribution >= 0.6 is 11.9 Å². The number of anilines is 1. The summed E-state index contributed by atoms with van der Waals surface area (Å²) in [6, 6.07) is 5.90. The Morgan fingerprint density at radius 2 is 2.31 bits per heavy atom. The van der Waals surface area contributed by atoms with Gasteiger partial charge in [-0.15, -0.1) is 0 Å². The van der Waals surface area contributed by atoms with Gasteiger partial charge < -0.3 is 4.72 Å². The molecule has 0 saturated carbocycles. The molecule has 0 aliphatic carbocycles. The summed E-state index contributed by atoms with van der Waals surface area (Å²) >= 11 is 1.49.